The molecule has 0 bridgehead atoms. The molecule has 2 aromatic carbocycles. The molecule has 0 heterocycles. The number of halogens is 3. The molecule has 2 rings (SSSR count). The molecule has 5 nitrogen and oxygen atoms in total. The van der Waals surface area contributed by atoms with E-state index in [0.29, 0.717) is 0 Å². The molecule has 8 heteroatoms. The van der Waals surface area contributed by atoms with Crippen molar-refractivity contribution in [1.29, 1.82) is 0 Å². The van der Waals surface area contributed by atoms with Gasteiger partial charge in [0.2, 0.25) is 0 Å². The average Bonchev–Trinajstić information content (AvgIpc) is 2.68. The number of hydrogen-bond donors (Lipinski definition) is 2. The summed E-state index contributed by atoms with van der Waals surface area (Å²) in [7, 11) is 0. The van der Waals surface area contributed by atoms with Crippen LogP contribution in [0.15, 0.2) is 53.6 Å². The van der Waals surface area contributed by atoms with E-state index in [1.807, 2.05) is 24.3 Å². The average molecular weight is 392 g/mol. The topological polar surface area (TPSA) is 56.7 Å². The highest BCUT2D eigenvalue weighted by Gasteiger charge is 2.30. The zero-order chi connectivity index (χ0) is 20.6. The fourth-order valence-corrected chi connectivity index (χ4v) is 2.57. The van der Waals surface area contributed by atoms with Gasteiger partial charge in [-0.1, -0.05) is 18.2 Å². The molecule has 2 aromatic rings. The van der Waals surface area contributed by atoms with Crippen molar-refractivity contribution in [3.05, 3.63) is 59.7 Å². The van der Waals surface area contributed by atoms with Crippen molar-refractivity contribution in [3.8, 4) is 0 Å². The molecule has 0 aliphatic carbocycles. The molecule has 0 aliphatic rings. The molecule has 0 fully saturated rings. The van der Waals surface area contributed by atoms with Crippen LogP contribution in [0.2, 0.25) is 0 Å². The number of rotatable bonds is 8. The second-order valence-electron chi connectivity index (χ2n) is 5.99. The lowest BCUT2D eigenvalue weighted by Crippen LogP contribution is -2.26. The Morgan fingerprint density at radius 1 is 1.11 bits per heavy atom. The highest BCUT2D eigenvalue weighted by atomic mass is 19.4. The van der Waals surface area contributed by atoms with Crippen molar-refractivity contribution >= 4 is 23.5 Å². The van der Waals surface area contributed by atoms with Gasteiger partial charge >= 0.3 is 6.18 Å². The van der Waals surface area contributed by atoms with Crippen LogP contribution in [0.4, 0.5) is 24.5 Å². The lowest BCUT2D eigenvalue weighted by atomic mass is 10.2. The van der Waals surface area contributed by atoms with Crippen LogP contribution in [0, 0.1) is 0 Å². The summed E-state index contributed by atoms with van der Waals surface area (Å²) >= 11 is 0. The van der Waals surface area contributed by atoms with Crippen LogP contribution in [0.5, 0.6) is 0 Å². The number of nitrogens with zero attached hydrogens (tertiary/aromatic N) is 2. The van der Waals surface area contributed by atoms with Crippen LogP contribution in [0.3, 0.4) is 0 Å². The number of benzene rings is 2. The third-order valence-electron chi connectivity index (χ3n) is 4.07. The van der Waals surface area contributed by atoms with Gasteiger partial charge in [0.15, 0.2) is 0 Å². The Hall–Kier alpha value is -3.03. The summed E-state index contributed by atoms with van der Waals surface area (Å²) in [6.45, 7) is 5.81. The van der Waals surface area contributed by atoms with E-state index in [1.54, 1.807) is 0 Å². The van der Waals surface area contributed by atoms with E-state index >= 15 is 0 Å². The Morgan fingerprint density at radius 2 is 1.79 bits per heavy atom. The van der Waals surface area contributed by atoms with Crippen LogP contribution in [0.1, 0.15) is 25.0 Å². The van der Waals surface area contributed by atoms with E-state index in [4.69, 9.17) is 0 Å². The first-order valence-electron chi connectivity index (χ1n) is 8.91. The van der Waals surface area contributed by atoms with Gasteiger partial charge < -0.3 is 10.2 Å². The summed E-state index contributed by atoms with van der Waals surface area (Å²) in [6, 6.07) is 12.4. The summed E-state index contributed by atoms with van der Waals surface area (Å²) < 4.78 is 38.0. The van der Waals surface area contributed by atoms with Gasteiger partial charge in [-0.2, -0.15) is 18.3 Å². The number of carbonyl (C=O) groups is 1. The first kappa shape index (κ1) is 21.3. The summed E-state index contributed by atoms with van der Waals surface area (Å²) in [5.74, 6) is -0.464. The Bertz CT molecular complexity index is 800. The molecule has 2 N–H and O–H groups in total. The molecule has 0 unspecified atom stereocenters. The minimum absolute atomic E-state index is 0.195. The van der Waals surface area contributed by atoms with Crippen LogP contribution in [-0.2, 0) is 11.0 Å². The summed E-state index contributed by atoms with van der Waals surface area (Å²) in [5, 5.41) is 6.51. The molecule has 1 amide bonds. The quantitative estimate of drug-likeness (QED) is 0.525. The van der Waals surface area contributed by atoms with E-state index in [-0.39, 0.29) is 12.2 Å². The van der Waals surface area contributed by atoms with E-state index in [2.05, 4.69) is 34.6 Å². The molecular formula is C20H23F3N4O. The van der Waals surface area contributed by atoms with E-state index < -0.39 is 17.6 Å². The van der Waals surface area contributed by atoms with Crippen molar-refractivity contribution in [2.24, 2.45) is 5.10 Å². The third kappa shape index (κ3) is 6.29. The molecule has 0 atom stereocenters. The molecule has 0 spiro atoms. The van der Waals surface area contributed by atoms with Crippen molar-refractivity contribution in [3.63, 3.8) is 0 Å². The number of nitrogens with one attached hydrogen (secondary N) is 2. The van der Waals surface area contributed by atoms with Crippen LogP contribution < -0.4 is 15.6 Å². The van der Waals surface area contributed by atoms with Gasteiger partial charge in [-0.25, -0.2) is 5.43 Å². The number of alkyl halides is 3. The Labute approximate surface area is 162 Å². The second-order valence-corrected chi connectivity index (χ2v) is 5.99. The van der Waals surface area contributed by atoms with Crippen molar-refractivity contribution < 1.29 is 18.0 Å². The third-order valence-corrected chi connectivity index (χ3v) is 4.07. The van der Waals surface area contributed by atoms with Crippen molar-refractivity contribution in [1.82, 2.24) is 5.43 Å². The number of hydrazone groups is 1. The predicted octanol–water partition coefficient (Wildman–Crippen LogP) is 4.11. The molecule has 0 saturated heterocycles. The van der Waals surface area contributed by atoms with Crippen LogP contribution in [-0.4, -0.2) is 31.8 Å². The number of hydrogen-bond acceptors (Lipinski definition) is 4. The Balaban J connectivity index is 1.84. The summed E-state index contributed by atoms with van der Waals surface area (Å²) in [6.07, 6.45) is -2.92. The molecule has 0 aliphatic heterocycles. The molecular weight excluding hydrogens is 369 g/mol. The van der Waals surface area contributed by atoms with Gasteiger partial charge in [-0.05, 0) is 49.7 Å². The highest BCUT2D eigenvalue weighted by Crippen LogP contribution is 2.30. The smallest absolute Gasteiger partial charge is 0.376 e. The number of carbonyl (C=O) groups excluding carboxylic acids is 1. The Kier molecular flexibility index (Phi) is 7.43. The maximum atomic E-state index is 12.7. The van der Waals surface area contributed by atoms with E-state index in [9.17, 15) is 18.0 Å². The van der Waals surface area contributed by atoms with E-state index in [1.165, 1.54) is 18.3 Å². The van der Waals surface area contributed by atoms with Gasteiger partial charge in [0, 0.05) is 24.5 Å². The minimum atomic E-state index is -4.43. The summed E-state index contributed by atoms with van der Waals surface area (Å²) in [5.41, 5.74) is 3.71. The zero-order valence-electron chi connectivity index (χ0n) is 15.8. The van der Waals surface area contributed by atoms with Gasteiger partial charge in [0.1, 0.15) is 0 Å². The molecule has 150 valence electrons. The van der Waals surface area contributed by atoms with Crippen molar-refractivity contribution in [2.75, 3.05) is 29.9 Å². The molecule has 28 heavy (non-hydrogen) atoms. The molecule has 0 aromatic heterocycles. The Morgan fingerprint density at radius 3 is 2.39 bits per heavy atom. The molecule has 0 saturated carbocycles. The van der Waals surface area contributed by atoms with Crippen molar-refractivity contribution in [2.45, 2.75) is 20.0 Å². The fourth-order valence-electron chi connectivity index (χ4n) is 2.57. The minimum Gasteiger partial charge on any atom is -0.376 e. The standard InChI is InChI=1S/C20H23F3N4O/c1-3-27(4-2)18-10-8-15(9-11-18)13-25-26-19(28)14-24-17-7-5-6-16(12-17)20(21,22)23/h5-13,24H,3-4,14H2,1-2H3,(H,26,28)/b25-13-. The highest BCUT2D eigenvalue weighted by molar-refractivity contribution is 5.84. The van der Waals surface area contributed by atoms with Crippen LogP contribution >= 0.6 is 0 Å². The van der Waals surface area contributed by atoms with Crippen LogP contribution in [0.25, 0.3) is 0 Å². The fraction of sp³-hybridized carbons (Fsp3) is 0.300. The maximum absolute atomic E-state index is 12.7. The normalized spacial score (nSPS) is 11.5. The lowest BCUT2D eigenvalue weighted by Gasteiger charge is -2.20. The first-order valence-corrected chi connectivity index (χ1v) is 8.91. The monoisotopic (exact) mass is 392 g/mol. The van der Waals surface area contributed by atoms with Gasteiger partial charge in [-0.3, -0.25) is 4.79 Å². The largest absolute Gasteiger partial charge is 0.416 e. The number of anilines is 2. The maximum Gasteiger partial charge on any atom is 0.416 e. The van der Waals surface area contributed by atoms with Gasteiger partial charge in [-0.15, -0.1) is 0 Å². The van der Waals surface area contributed by atoms with Gasteiger partial charge in [0.25, 0.3) is 5.91 Å². The lowest BCUT2D eigenvalue weighted by molar-refractivity contribution is -0.137. The van der Waals surface area contributed by atoms with Gasteiger partial charge in [0.05, 0.1) is 18.3 Å². The molecule has 0 radical (unpaired) electrons. The number of amides is 1. The SMILES string of the molecule is CCN(CC)c1ccc(/C=N\NC(=O)CNc2cccc(C(F)(F)F)c2)cc1. The zero-order valence-corrected chi connectivity index (χ0v) is 15.8. The summed E-state index contributed by atoms with van der Waals surface area (Å²) in [4.78, 5) is 14.0. The van der Waals surface area contributed by atoms with E-state index in [0.717, 1.165) is 36.5 Å². The first-order chi connectivity index (χ1) is 13.3. The predicted molar refractivity (Wildman–Crippen MR) is 106 cm³/mol. The second kappa shape index (κ2) is 9.77.